The summed E-state index contributed by atoms with van der Waals surface area (Å²) in [6.07, 6.45) is -23.3. The Morgan fingerprint density at radius 3 is 2.02 bits per heavy atom. The molecule has 0 unspecified atom stereocenters. The summed E-state index contributed by atoms with van der Waals surface area (Å²) in [5.74, 6) is -2.07. The average molecular weight is 674 g/mol. The first kappa shape index (κ1) is 36.0. The average Bonchev–Trinajstić information content (AvgIpc) is 2.90. The Morgan fingerprint density at radius 2 is 1.43 bits per heavy atom. The molecule has 0 aliphatic rings. The molecule has 3 aromatic rings. The largest absolute Gasteiger partial charge is 0.573 e. The highest BCUT2D eigenvalue weighted by atomic mass is 19.4. The topological polar surface area (TPSA) is 103 Å². The van der Waals surface area contributed by atoms with E-state index in [1.807, 2.05) is 0 Å². The smallest absolute Gasteiger partial charge is 0.497 e. The van der Waals surface area contributed by atoms with Gasteiger partial charge in [-0.15, -0.1) is 22.0 Å². The van der Waals surface area contributed by atoms with Crippen LogP contribution in [0.2, 0.25) is 0 Å². The highest BCUT2D eigenvalue weighted by Crippen LogP contribution is 2.38. The van der Waals surface area contributed by atoms with Crippen LogP contribution in [0.5, 0.6) is 17.2 Å². The molecule has 2 aromatic carbocycles. The van der Waals surface area contributed by atoms with Crippen molar-refractivity contribution in [3.8, 4) is 28.4 Å². The predicted molar refractivity (Wildman–Crippen MR) is 139 cm³/mol. The summed E-state index contributed by atoms with van der Waals surface area (Å²) < 4.78 is 151. The summed E-state index contributed by atoms with van der Waals surface area (Å²) in [6, 6.07) is 7.94. The molecule has 0 spiro atoms. The van der Waals surface area contributed by atoms with Gasteiger partial charge in [0, 0.05) is 28.7 Å². The van der Waals surface area contributed by atoms with Crippen LogP contribution in [0.25, 0.3) is 22.1 Å². The van der Waals surface area contributed by atoms with Crippen LogP contribution in [-0.2, 0) is 19.0 Å². The molecule has 0 radical (unpaired) electrons. The summed E-state index contributed by atoms with van der Waals surface area (Å²) >= 11 is 0. The normalized spacial score (nSPS) is 12.6. The van der Waals surface area contributed by atoms with Crippen LogP contribution in [0.3, 0.4) is 0 Å². The minimum absolute atomic E-state index is 0.000986. The summed E-state index contributed by atoms with van der Waals surface area (Å²) in [5, 5.41) is 0.150. The lowest BCUT2D eigenvalue weighted by molar-refractivity contribution is -0.514. The fourth-order valence-corrected chi connectivity index (χ4v) is 3.57. The van der Waals surface area contributed by atoms with Crippen molar-refractivity contribution in [2.45, 2.75) is 44.6 Å². The molecular weight excluding hydrogens is 651 g/mol. The lowest BCUT2D eigenvalue weighted by atomic mass is 10.0. The maximum Gasteiger partial charge on any atom is 0.573 e. The van der Waals surface area contributed by atoms with Crippen molar-refractivity contribution in [1.29, 1.82) is 0 Å². The summed E-state index contributed by atoms with van der Waals surface area (Å²) in [7, 11) is 1.20. The van der Waals surface area contributed by atoms with Crippen LogP contribution >= 0.6 is 0 Å². The SMILES string of the molecule is C=C(C)C(=O)OCCC(F)(F)OC(F)(F)OC(F)(F)CCOc1ccc2cc(-c3ccc(OC)cc3OC(F)(F)F)c(=O)oc2c1. The molecule has 0 aliphatic carbocycles. The zero-order chi connectivity index (χ0) is 34.5. The van der Waals surface area contributed by atoms with Gasteiger partial charge in [-0.25, -0.2) is 19.1 Å². The molecule has 1 aromatic heterocycles. The second-order valence-corrected chi connectivity index (χ2v) is 9.26. The zero-order valence-corrected chi connectivity index (χ0v) is 23.7. The van der Waals surface area contributed by atoms with Crippen LogP contribution in [0.1, 0.15) is 19.8 Å². The van der Waals surface area contributed by atoms with E-state index in [2.05, 4.69) is 25.5 Å². The number of ether oxygens (including phenoxy) is 6. The van der Waals surface area contributed by atoms with E-state index in [1.165, 1.54) is 38.3 Å². The molecule has 46 heavy (non-hydrogen) atoms. The molecular formula is C28H23F9O9. The van der Waals surface area contributed by atoms with Gasteiger partial charge in [0.1, 0.15) is 22.8 Å². The Hall–Kier alpha value is -4.45. The van der Waals surface area contributed by atoms with Crippen LogP contribution < -0.4 is 19.8 Å². The molecule has 0 fully saturated rings. The highest BCUT2D eigenvalue weighted by molar-refractivity contribution is 5.87. The van der Waals surface area contributed by atoms with Crippen molar-refractivity contribution in [2.24, 2.45) is 0 Å². The Balaban J connectivity index is 1.66. The number of rotatable bonds is 15. The van der Waals surface area contributed by atoms with Crippen LogP contribution in [0, 0.1) is 0 Å². The summed E-state index contributed by atoms with van der Waals surface area (Å²) in [5.41, 5.74) is -2.10. The van der Waals surface area contributed by atoms with Gasteiger partial charge in [0.15, 0.2) is 0 Å². The number of fused-ring (bicyclic) bond motifs is 1. The Labute approximate surface area is 253 Å². The van der Waals surface area contributed by atoms with Crippen molar-refractivity contribution < 1.29 is 77.1 Å². The molecule has 0 N–H and O–H groups in total. The third-order valence-corrected chi connectivity index (χ3v) is 5.58. The molecule has 1 heterocycles. The van der Waals surface area contributed by atoms with E-state index < -0.39 is 68.3 Å². The fraction of sp³-hybridized carbons (Fsp3) is 0.357. The second kappa shape index (κ2) is 13.9. The quantitative estimate of drug-likeness (QED) is 0.0536. The van der Waals surface area contributed by atoms with E-state index in [0.717, 1.165) is 18.2 Å². The maximum atomic E-state index is 14.0. The first-order valence-electron chi connectivity index (χ1n) is 12.7. The molecule has 0 saturated carbocycles. The molecule has 0 aliphatic heterocycles. The monoisotopic (exact) mass is 674 g/mol. The van der Waals surface area contributed by atoms with Gasteiger partial charge < -0.3 is 23.4 Å². The van der Waals surface area contributed by atoms with Gasteiger partial charge in [0.2, 0.25) is 0 Å². The van der Waals surface area contributed by atoms with Gasteiger partial charge in [-0.3, -0.25) is 0 Å². The highest BCUT2D eigenvalue weighted by Gasteiger charge is 2.52. The van der Waals surface area contributed by atoms with Gasteiger partial charge >= 0.3 is 36.5 Å². The van der Waals surface area contributed by atoms with E-state index in [0.29, 0.717) is 0 Å². The fourth-order valence-electron chi connectivity index (χ4n) is 3.57. The Morgan fingerprint density at radius 1 is 0.826 bits per heavy atom. The number of hydrogen-bond donors (Lipinski definition) is 0. The number of carbonyl (C=O) groups is 1. The lowest BCUT2D eigenvalue weighted by Gasteiger charge is -2.26. The third-order valence-electron chi connectivity index (χ3n) is 5.58. The predicted octanol–water partition coefficient (Wildman–Crippen LogP) is 7.41. The molecule has 3 rings (SSSR count). The standard InChI is InChI=1S/C28H23F9O9/c1-15(2)23(38)42-11-9-26(31,32)46-28(36,37)45-25(29,30)8-10-41-18-5-4-16-12-20(24(39)43-21(16)14-18)19-7-6-17(40-3)13-22(19)44-27(33,34)35/h4-7,12-14H,1,8-11H2,2-3H3. The second-order valence-electron chi connectivity index (χ2n) is 9.26. The van der Waals surface area contributed by atoms with Gasteiger partial charge in [0.25, 0.3) is 0 Å². The number of carbonyl (C=O) groups excluding carboxylic acids is 1. The van der Waals surface area contributed by atoms with Crippen molar-refractivity contribution >= 4 is 16.9 Å². The van der Waals surface area contributed by atoms with Crippen molar-refractivity contribution in [2.75, 3.05) is 20.3 Å². The van der Waals surface area contributed by atoms with Crippen molar-refractivity contribution in [1.82, 2.24) is 0 Å². The Kier molecular flexibility index (Phi) is 10.9. The van der Waals surface area contributed by atoms with E-state index in [1.54, 1.807) is 0 Å². The maximum absolute atomic E-state index is 14.0. The minimum atomic E-state index is -5.48. The minimum Gasteiger partial charge on any atom is -0.497 e. The first-order valence-corrected chi connectivity index (χ1v) is 12.7. The summed E-state index contributed by atoms with van der Waals surface area (Å²) in [6.45, 7) is 2.26. The van der Waals surface area contributed by atoms with E-state index in [9.17, 15) is 49.1 Å². The third kappa shape index (κ3) is 10.6. The van der Waals surface area contributed by atoms with Gasteiger partial charge in [-0.1, -0.05) is 6.58 Å². The van der Waals surface area contributed by atoms with Crippen LogP contribution in [-0.4, -0.2) is 51.2 Å². The van der Waals surface area contributed by atoms with Gasteiger partial charge in [-0.05, 0) is 37.3 Å². The van der Waals surface area contributed by atoms with E-state index >= 15 is 0 Å². The molecule has 0 amide bonds. The van der Waals surface area contributed by atoms with Crippen LogP contribution in [0.15, 0.2) is 63.8 Å². The molecule has 0 bridgehead atoms. The molecule has 18 heteroatoms. The van der Waals surface area contributed by atoms with Crippen molar-refractivity contribution in [3.63, 3.8) is 0 Å². The Bertz CT molecular complexity index is 1620. The van der Waals surface area contributed by atoms with E-state index in [-0.39, 0.29) is 39.2 Å². The summed E-state index contributed by atoms with van der Waals surface area (Å²) in [4.78, 5) is 23.8. The molecule has 9 nitrogen and oxygen atoms in total. The van der Waals surface area contributed by atoms with Crippen molar-refractivity contribution in [3.05, 3.63) is 65.0 Å². The first-order chi connectivity index (χ1) is 21.2. The van der Waals surface area contributed by atoms with Crippen LogP contribution in [0.4, 0.5) is 39.5 Å². The molecule has 252 valence electrons. The molecule has 0 saturated heterocycles. The van der Waals surface area contributed by atoms with Gasteiger partial charge in [0.05, 0.1) is 38.7 Å². The molecule has 0 atom stereocenters. The zero-order valence-electron chi connectivity index (χ0n) is 23.7. The number of benzene rings is 2. The number of alkyl halides is 9. The number of hydrogen-bond acceptors (Lipinski definition) is 9. The number of halogens is 9. The van der Waals surface area contributed by atoms with Gasteiger partial charge in [-0.2, -0.15) is 17.6 Å². The number of esters is 1. The van der Waals surface area contributed by atoms with E-state index in [4.69, 9.17) is 13.9 Å². The number of methoxy groups -OCH3 is 1. The lowest BCUT2D eigenvalue weighted by Crippen LogP contribution is -2.41.